The summed E-state index contributed by atoms with van der Waals surface area (Å²) in [5.74, 6) is 0.491. The highest BCUT2D eigenvalue weighted by molar-refractivity contribution is 5.96. The summed E-state index contributed by atoms with van der Waals surface area (Å²) in [6, 6.07) is 11.1. The summed E-state index contributed by atoms with van der Waals surface area (Å²) in [4.78, 5) is 31.3. The molecule has 162 valence electrons. The van der Waals surface area contributed by atoms with Crippen molar-refractivity contribution in [3.8, 4) is 5.75 Å². The van der Waals surface area contributed by atoms with E-state index in [-0.39, 0.29) is 30.3 Å². The molecule has 0 aliphatic carbocycles. The minimum absolute atomic E-state index is 0. The highest BCUT2D eigenvalue weighted by Crippen LogP contribution is 2.22. The Hall–Kier alpha value is -2.64. The topological polar surface area (TPSA) is 83.6 Å². The molecule has 2 aromatic rings. The fourth-order valence-corrected chi connectivity index (χ4v) is 3.49. The van der Waals surface area contributed by atoms with Gasteiger partial charge in [-0.05, 0) is 37.1 Å². The number of para-hydroxylation sites is 1. The fourth-order valence-electron chi connectivity index (χ4n) is 3.49. The number of pyridine rings is 1. The molecule has 0 saturated carbocycles. The number of rotatable bonds is 8. The third-order valence-electron chi connectivity index (χ3n) is 4.92. The minimum Gasteiger partial charge on any atom is -0.493 e. The van der Waals surface area contributed by atoms with E-state index >= 15 is 0 Å². The van der Waals surface area contributed by atoms with Crippen molar-refractivity contribution in [3.63, 3.8) is 0 Å². The first-order valence-electron chi connectivity index (χ1n) is 10.1. The number of nitrogens with zero attached hydrogens (tertiary/aromatic N) is 2. The van der Waals surface area contributed by atoms with Crippen molar-refractivity contribution in [2.75, 3.05) is 32.8 Å². The molecule has 7 nitrogen and oxygen atoms in total. The SMILES string of the molecule is CCOc1ccccc1C(=O)NCCCC(=O)N1CCNCC1c1cccnc1.Cl. The van der Waals surface area contributed by atoms with Gasteiger partial charge >= 0.3 is 0 Å². The zero-order valence-corrected chi connectivity index (χ0v) is 18.0. The van der Waals surface area contributed by atoms with E-state index in [9.17, 15) is 9.59 Å². The molecule has 1 aliphatic rings. The molecule has 30 heavy (non-hydrogen) atoms. The van der Waals surface area contributed by atoms with Gasteiger partial charge in [-0.1, -0.05) is 18.2 Å². The summed E-state index contributed by atoms with van der Waals surface area (Å²) in [6.45, 7) is 5.01. The van der Waals surface area contributed by atoms with Crippen LogP contribution in [0, 0.1) is 0 Å². The average Bonchev–Trinajstić information content (AvgIpc) is 2.77. The highest BCUT2D eigenvalue weighted by Gasteiger charge is 2.27. The first-order valence-corrected chi connectivity index (χ1v) is 10.1. The maximum atomic E-state index is 12.8. The zero-order valence-electron chi connectivity index (χ0n) is 17.2. The van der Waals surface area contributed by atoms with Crippen molar-refractivity contribution in [1.29, 1.82) is 0 Å². The average molecular weight is 433 g/mol. The molecule has 0 bridgehead atoms. The van der Waals surface area contributed by atoms with Crippen LogP contribution in [0.25, 0.3) is 0 Å². The summed E-state index contributed by atoms with van der Waals surface area (Å²) in [6.07, 6.45) is 4.53. The summed E-state index contributed by atoms with van der Waals surface area (Å²) in [7, 11) is 0. The number of carbonyl (C=O) groups is 2. The van der Waals surface area contributed by atoms with Gasteiger partial charge in [0.1, 0.15) is 5.75 Å². The fraction of sp³-hybridized carbons (Fsp3) is 0.409. The Morgan fingerprint density at radius 2 is 2.10 bits per heavy atom. The molecule has 3 rings (SSSR count). The van der Waals surface area contributed by atoms with Crippen LogP contribution in [-0.2, 0) is 4.79 Å². The maximum absolute atomic E-state index is 12.8. The van der Waals surface area contributed by atoms with Crippen LogP contribution in [0.2, 0.25) is 0 Å². The van der Waals surface area contributed by atoms with Crippen LogP contribution in [0.5, 0.6) is 5.75 Å². The van der Waals surface area contributed by atoms with E-state index in [1.807, 2.05) is 42.3 Å². The van der Waals surface area contributed by atoms with Crippen LogP contribution in [-0.4, -0.2) is 54.5 Å². The number of piperazine rings is 1. The molecular weight excluding hydrogens is 404 g/mol. The second kappa shape index (κ2) is 12.1. The predicted molar refractivity (Wildman–Crippen MR) is 118 cm³/mol. The summed E-state index contributed by atoms with van der Waals surface area (Å²) in [5.41, 5.74) is 1.55. The number of aromatic nitrogens is 1. The van der Waals surface area contributed by atoms with E-state index in [4.69, 9.17) is 4.74 Å². The van der Waals surface area contributed by atoms with Gasteiger partial charge in [0.15, 0.2) is 0 Å². The molecular formula is C22H29ClN4O3. The summed E-state index contributed by atoms with van der Waals surface area (Å²) >= 11 is 0. The van der Waals surface area contributed by atoms with E-state index in [0.717, 1.165) is 18.7 Å². The number of benzene rings is 1. The van der Waals surface area contributed by atoms with E-state index in [1.54, 1.807) is 18.3 Å². The lowest BCUT2D eigenvalue weighted by Crippen LogP contribution is -2.48. The Morgan fingerprint density at radius 3 is 2.87 bits per heavy atom. The number of hydrogen-bond donors (Lipinski definition) is 2. The highest BCUT2D eigenvalue weighted by atomic mass is 35.5. The molecule has 0 radical (unpaired) electrons. The van der Waals surface area contributed by atoms with Crippen molar-refractivity contribution in [3.05, 3.63) is 59.9 Å². The third kappa shape index (κ3) is 6.18. The standard InChI is InChI=1S/C22H28N4O3.ClH/c1-2-29-20-9-4-3-8-18(20)22(28)25-12-6-10-21(27)26-14-13-24-16-19(26)17-7-5-11-23-15-17;/h3-5,7-9,11,15,19,24H,2,6,10,12-14,16H2,1H3,(H,25,28);1H. The van der Waals surface area contributed by atoms with E-state index in [0.29, 0.717) is 43.9 Å². The van der Waals surface area contributed by atoms with Crippen molar-refractivity contribution in [2.24, 2.45) is 0 Å². The van der Waals surface area contributed by atoms with E-state index in [1.165, 1.54) is 0 Å². The smallest absolute Gasteiger partial charge is 0.255 e. The second-order valence-corrected chi connectivity index (χ2v) is 6.88. The molecule has 1 saturated heterocycles. The van der Waals surface area contributed by atoms with E-state index < -0.39 is 0 Å². The van der Waals surface area contributed by atoms with Gasteiger partial charge < -0.3 is 20.3 Å². The van der Waals surface area contributed by atoms with Gasteiger partial charge in [0.25, 0.3) is 5.91 Å². The van der Waals surface area contributed by atoms with Gasteiger partial charge in [0.2, 0.25) is 5.91 Å². The molecule has 1 atom stereocenters. The number of nitrogens with one attached hydrogen (secondary N) is 2. The first-order chi connectivity index (χ1) is 14.2. The molecule has 1 fully saturated rings. The Labute approximate surface area is 183 Å². The lowest BCUT2D eigenvalue weighted by molar-refractivity contribution is -0.134. The van der Waals surface area contributed by atoms with Crippen LogP contribution in [0.3, 0.4) is 0 Å². The normalized spacial score (nSPS) is 15.8. The predicted octanol–water partition coefficient (Wildman–Crippen LogP) is 2.59. The van der Waals surface area contributed by atoms with Crippen molar-refractivity contribution >= 4 is 24.2 Å². The molecule has 1 aliphatic heterocycles. The number of amides is 2. The van der Waals surface area contributed by atoms with Crippen LogP contribution < -0.4 is 15.4 Å². The zero-order chi connectivity index (χ0) is 20.5. The Balaban J connectivity index is 0.00000320. The van der Waals surface area contributed by atoms with Crippen molar-refractivity contribution in [2.45, 2.75) is 25.8 Å². The van der Waals surface area contributed by atoms with Gasteiger partial charge in [0.05, 0.1) is 18.2 Å². The number of carbonyl (C=O) groups excluding carboxylic acids is 2. The molecule has 2 heterocycles. The molecule has 8 heteroatoms. The van der Waals surface area contributed by atoms with Crippen LogP contribution >= 0.6 is 12.4 Å². The number of halogens is 1. The largest absolute Gasteiger partial charge is 0.493 e. The molecule has 1 unspecified atom stereocenters. The van der Waals surface area contributed by atoms with Crippen LogP contribution in [0.15, 0.2) is 48.8 Å². The number of hydrogen-bond acceptors (Lipinski definition) is 5. The molecule has 2 amide bonds. The van der Waals surface area contributed by atoms with Gasteiger partial charge in [-0.3, -0.25) is 14.6 Å². The Kier molecular flexibility index (Phi) is 9.57. The lowest BCUT2D eigenvalue weighted by Gasteiger charge is -2.36. The van der Waals surface area contributed by atoms with Crippen LogP contribution in [0.1, 0.15) is 41.7 Å². The summed E-state index contributed by atoms with van der Waals surface area (Å²) in [5, 5.41) is 6.23. The van der Waals surface area contributed by atoms with Gasteiger partial charge in [-0.15, -0.1) is 12.4 Å². The third-order valence-corrected chi connectivity index (χ3v) is 4.92. The maximum Gasteiger partial charge on any atom is 0.255 e. The molecule has 1 aromatic carbocycles. The quantitative estimate of drug-likeness (QED) is 0.626. The molecule has 1 aromatic heterocycles. The van der Waals surface area contributed by atoms with Gasteiger partial charge in [0, 0.05) is 45.0 Å². The van der Waals surface area contributed by atoms with E-state index in [2.05, 4.69) is 15.6 Å². The Morgan fingerprint density at radius 1 is 1.27 bits per heavy atom. The first kappa shape index (κ1) is 23.6. The number of ether oxygens (including phenoxy) is 1. The lowest BCUT2D eigenvalue weighted by atomic mass is 10.0. The molecule has 0 spiro atoms. The van der Waals surface area contributed by atoms with Crippen molar-refractivity contribution < 1.29 is 14.3 Å². The second-order valence-electron chi connectivity index (χ2n) is 6.88. The van der Waals surface area contributed by atoms with Gasteiger partial charge in [-0.25, -0.2) is 0 Å². The van der Waals surface area contributed by atoms with Crippen molar-refractivity contribution in [1.82, 2.24) is 20.5 Å². The summed E-state index contributed by atoms with van der Waals surface area (Å²) < 4.78 is 5.50. The monoisotopic (exact) mass is 432 g/mol. The van der Waals surface area contributed by atoms with Gasteiger partial charge in [-0.2, -0.15) is 0 Å². The molecule has 2 N–H and O–H groups in total. The van der Waals surface area contributed by atoms with Crippen LogP contribution in [0.4, 0.5) is 0 Å². The Bertz CT molecular complexity index is 819. The minimum atomic E-state index is -0.183.